The first-order chi connectivity index (χ1) is 14.7. The van der Waals surface area contributed by atoms with E-state index < -0.39 is 0 Å². The number of H-pyrrole nitrogens is 1. The third-order valence-electron chi connectivity index (χ3n) is 6.02. The van der Waals surface area contributed by atoms with Gasteiger partial charge in [-0.05, 0) is 38.6 Å². The average Bonchev–Trinajstić information content (AvgIpc) is 2.79. The van der Waals surface area contributed by atoms with Crippen LogP contribution in [0.25, 0.3) is 0 Å². The lowest BCUT2D eigenvalue weighted by molar-refractivity contribution is 0.197. The minimum absolute atomic E-state index is 0.0438. The summed E-state index contributed by atoms with van der Waals surface area (Å²) in [5.41, 5.74) is 2.00. The highest BCUT2D eigenvalue weighted by Gasteiger charge is 2.24. The van der Waals surface area contributed by atoms with Crippen LogP contribution in [-0.4, -0.2) is 64.7 Å². The zero-order valence-electron chi connectivity index (χ0n) is 17.8. The number of anilines is 1. The van der Waals surface area contributed by atoms with Crippen LogP contribution in [0.15, 0.2) is 23.3 Å². The van der Waals surface area contributed by atoms with Crippen molar-refractivity contribution in [2.75, 3.05) is 44.8 Å². The molecule has 2 aromatic rings. The maximum atomic E-state index is 12.3. The highest BCUT2D eigenvalue weighted by molar-refractivity contribution is 5.31. The first kappa shape index (κ1) is 20.9. The van der Waals surface area contributed by atoms with Crippen molar-refractivity contribution in [2.24, 2.45) is 0 Å². The van der Waals surface area contributed by atoms with E-state index in [9.17, 15) is 4.79 Å². The zero-order valence-corrected chi connectivity index (χ0v) is 17.8. The van der Waals surface area contributed by atoms with Crippen LogP contribution in [-0.2, 0) is 17.7 Å². The van der Waals surface area contributed by atoms with Gasteiger partial charge in [-0.1, -0.05) is 0 Å². The molecule has 8 nitrogen and oxygen atoms in total. The van der Waals surface area contributed by atoms with E-state index in [1.165, 1.54) is 6.42 Å². The molecule has 2 aliphatic heterocycles. The highest BCUT2D eigenvalue weighted by atomic mass is 16.5. The number of hydrogen-bond donors (Lipinski definition) is 1. The molecule has 2 fully saturated rings. The van der Waals surface area contributed by atoms with E-state index in [2.05, 4.69) is 24.8 Å². The second-order valence-electron chi connectivity index (χ2n) is 8.37. The minimum Gasteiger partial charge on any atom is -0.384 e. The van der Waals surface area contributed by atoms with Crippen LogP contribution >= 0.6 is 0 Å². The topological polar surface area (TPSA) is 87.2 Å². The van der Waals surface area contributed by atoms with E-state index in [-0.39, 0.29) is 11.5 Å². The second kappa shape index (κ2) is 10.1. The summed E-state index contributed by atoms with van der Waals surface area (Å²) in [6.07, 6.45) is 10.3. The van der Waals surface area contributed by atoms with E-state index >= 15 is 0 Å². The fourth-order valence-electron chi connectivity index (χ4n) is 4.41. The smallest absolute Gasteiger partial charge is 0.252 e. The number of piperidine rings is 2. The van der Waals surface area contributed by atoms with Crippen LogP contribution in [0.5, 0.6) is 0 Å². The van der Waals surface area contributed by atoms with Crippen LogP contribution in [0.3, 0.4) is 0 Å². The van der Waals surface area contributed by atoms with E-state index in [1.807, 2.05) is 12.4 Å². The molecular weight excluding hydrogens is 380 g/mol. The molecule has 0 aromatic carbocycles. The Morgan fingerprint density at radius 2 is 1.93 bits per heavy atom. The van der Waals surface area contributed by atoms with Crippen LogP contribution in [0.4, 0.5) is 5.95 Å². The first-order valence-electron chi connectivity index (χ1n) is 11.1. The van der Waals surface area contributed by atoms with Gasteiger partial charge in [-0.15, -0.1) is 0 Å². The molecule has 1 atom stereocenters. The van der Waals surface area contributed by atoms with Gasteiger partial charge >= 0.3 is 0 Å². The van der Waals surface area contributed by atoms with Crippen molar-refractivity contribution in [2.45, 2.75) is 51.0 Å². The molecule has 0 radical (unpaired) electrons. The lowest BCUT2D eigenvalue weighted by Crippen LogP contribution is -2.36. The molecule has 1 unspecified atom stereocenters. The molecule has 4 heterocycles. The van der Waals surface area contributed by atoms with Gasteiger partial charge in [0, 0.05) is 69.7 Å². The lowest BCUT2D eigenvalue weighted by atomic mass is 9.94. The van der Waals surface area contributed by atoms with Crippen LogP contribution < -0.4 is 10.5 Å². The molecule has 2 aliphatic rings. The molecular formula is C22H32N6O2. The lowest BCUT2D eigenvalue weighted by Gasteiger charge is -2.33. The largest absolute Gasteiger partial charge is 0.384 e. The third-order valence-corrected chi connectivity index (χ3v) is 6.02. The number of nitrogens with one attached hydrogen (secondary N) is 1. The number of ether oxygens (including phenoxy) is 1. The molecule has 0 amide bonds. The number of hydrogen-bond acceptors (Lipinski definition) is 7. The average molecular weight is 413 g/mol. The van der Waals surface area contributed by atoms with Crippen molar-refractivity contribution in [3.05, 3.63) is 45.9 Å². The van der Waals surface area contributed by atoms with Crippen molar-refractivity contribution in [1.82, 2.24) is 24.8 Å². The quantitative estimate of drug-likeness (QED) is 0.745. The fraction of sp³-hybridized carbons (Fsp3) is 0.636. The Kier molecular flexibility index (Phi) is 7.07. The molecule has 0 aliphatic carbocycles. The molecule has 0 spiro atoms. The van der Waals surface area contributed by atoms with Gasteiger partial charge in [0.05, 0.1) is 12.3 Å². The highest BCUT2D eigenvalue weighted by Crippen LogP contribution is 2.27. The van der Waals surface area contributed by atoms with Crippen molar-refractivity contribution >= 4 is 5.95 Å². The summed E-state index contributed by atoms with van der Waals surface area (Å²) in [6.45, 7) is 5.36. The first-order valence-corrected chi connectivity index (χ1v) is 11.1. The Morgan fingerprint density at radius 1 is 1.13 bits per heavy atom. The van der Waals surface area contributed by atoms with Gasteiger partial charge in [-0.25, -0.2) is 15.0 Å². The van der Waals surface area contributed by atoms with Crippen LogP contribution in [0.2, 0.25) is 0 Å². The maximum Gasteiger partial charge on any atom is 0.252 e. The Morgan fingerprint density at radius 3 is 2.70 bits per heavy atom. The van der Waals surface area contributed by atoms with E-state index in [0.717, 1.165) is 87.9 Å². The predicted octanol–water partition coefficient (Wildman–Crippen LogP) is 2.12. The Labute approximate surface area is 177 Å². The van der Waals surface area contributed by atoms with Crippen molar-refractivity contribution in [1.29, 1.82) is 0 Å². The van der Waals surface area contributed by atoms with Gasteiger partial charge in [-0.2, -0.15) is 0 Å². The zero-order chi connectivity index (χ0) is 20.8. The molecule has 0 saturated carbocycles. The summed E-state index contributed by atoms with van der Waals surface area (Å²) in [5, 5.41) is 0. The second-order valence-corrected chi connectivity index (χ2v) is 8.37. The molecule has 8 heteroatoms. The molecule has 30 heavy (non-hydrogen) atoms. The molecule has 2 saturated heterocycles. The molecule has 2 aromatic heterocycles. The summed E-state index contributed by atoms with van der Waals surface area (Å²) in [5.74, 6) is 1.84. The normalized spacial score (nSPS) is 20.4. The Bertz CT molecular complexity index is 863. The Balaban J connectivity index is 1.41. The van der Waals surface area contributed by atoms with Gasteiger partial charge in [0.15, 0.2) is 0 Å². The van der Waals surface area contributed by atoms with Crippen molar-refractivity contribution < 1.29 is 4.74 Å². The number of aromatic nitrogens is 4. The third kappa shape index (κ3) is 5.43. The maximum absolute atomic E-state index is 12.3. The molecule has 162 valence electrons. The van der Waals surface area contributed by atoms with Gasteiger partial charge in [0.1, 0.15) is 5.82 Å². The summed E-state index contributed by atoms with van der Waals surface area (Å²) < 4.78 is 5.09. The molecule has 0 bridgehead atoms. The van der Waals surface area contributed by atoms with Gasteiger partial charge in [-0.3, -0.25) is 14.7 Å². The van der Waals surface area contributed by atoms with Crippen LogP contribution in [0.1, 0.15) is 55.1 Å². The summed E-state index contributed by atoms with van der Waals surface area (Å²) in [6, 6.07) is 1.69. The van der Waals surface area contributed by atoms with Crippen molar-refractivity contribution in [3.8, 4) is 0 Å². The van der Waals surface area contributed by atoms with Crippen molar-refractivity contribution in [3.63, 3.8) is 0 Å². The number of likely N-dealkylation sites (tertiary alicyclic amines) is 1. The number of aromatic amines is 1. The van der Waals surface area contributed by atoms with E-state index in [4.69, 9.17) is 9.72 Å². The monoisotopic (exact) mass is 412 g/mol. The summed E-state index contributed by atoms with van der Waals surface area (Å²) >= 11 is 0. The molecule has 4 rings (SSSR count). The fourth-order valence-corrected chi connectivity index (χ4v) is 4.41. The molecule has 1 N–H and O–H groups in total. The number of rotatable bonds is 7. The van der Waals surface area contributed by atoms with Gasteiger partial charge in [0.25, 0.3) is 5.56 Å². The summed E-state index contributed by atoms with van der Waals surface area (Å²) in [4.78, 5) is 33.7. The van der Waals surface area contributed by atoms with E-state index in [1.54, 1.807) is 13.2 Å². The van der Waals surface area contributed by atoms with E-state index in [0.29, 0.717) is 6.61 Å². The standard InChI is InChI=1S/C22H32N6O2/c1-30-11-7-20-23-13-17(14-24-20)15-27-8-5-6-18(16-27)19-12-21(29)26-22(25-19)28-9-3-2-4-10-28/h12-14,18H,2-11,15-16H2,1H3,(H,25,26,29). The SMILES string of the molecule is COCCc1ncc(CN2CCCC(c3cc(=O)[nH]c(N4CCCCC4)n3)C2)cn1. The minimum atomic E-state index is -0.0438. The summed E-state index contributed by atoms with van der Waals surface area (Å²) in [7, 11) is 1.69. The van der Waals surface area contributed by atoms with Gasteiger partial charge < -0.3 is 9.64 Å². The number of nitrogens with zero attached hydrogens (tertiary/aromatic N) is 5. The van der Waals surface area contributed by atoms with Crippen LogP contribution in [0, 0.1) is 0 Å². The van der Waals surface area contributed by atoms with Gasteiger partial charge in [0.2, 0.25) is 5.95 Å². The Hall–Kier alpha value is -2.32. The predicted molar refractivity (Wildman–Crippen MR) is 116 cm³/mol. The number of methoxy groups -OCH3 is 1.